The number of benzene rings is 1. The first-order valence-electron chi connectivity index (χ1n) is 5.87. The van der Waals surface area contributed by atoms with Gasteiger partial charge in [-0.05, 0) is 24.0 Å². The molecule has 0 spiro atoms. The summed E-state index contributed by atoms with van der Waals surface area (Å²) < 4.78 is 14.5. The lowest BCUT2D eigenvalue weighted by Gasteiger charge is -2.14. The van der Waals surface area contributed by atoms with Gasteiger partial charge in [0.15, 0.2) is 5.15 Å². The van der Waals surface area contributed by atoms with Crippen molar-refractivity contribution in [1.82, 2.24) is 9.55 Å². The molecule has 19 heavy (non-hydrogen) atoms. The number of nitrogens with one attached hydrogen (secondary N) is 1. The van der Waals surface area contributed by atoms with Gasteiger partial charge >= 0.3 is 5.69 Å². The molecule has 4 nitrogen and oxygen atoms in total. The summed E-state index contributed by atoms with van der Waals surface area (Å²) in [4.78, 5) is 25.9. The molecule has 2 aromatic rings. The Morgan fingerprint density at radius 2 is 2.05 bits per heavy atom. The molecule has 1 heterocycles. The third-order valence-corrected chi connectivity index (χ3v) is 3.71. The molecule has 1 aliphatic rings. The Kier molecular flexibility index (Phi) is 2.78. The maximum absolute atomic E-state index is 13.6. The number of fused-ring (bicyclic) bond motifs is 1. The summed E-state index contributed by atoms with van der Waals surface area (Å²) in [5, 5.41) is -0.544. The molecule has 0 saturated heterocycles. The van der Waals surface area contributed by atoms with Crippen molar-refractivity contribution in [2.24, 2.45) is 0 Å². The zero-order valence-electron chi connectivity index (χ0n) is 9.82. The number of rotatable bonds is 1. The molecular weight excluding hydrogens is 271 g/mol. The third kappa shape index (κ3) is 1.81. The Labute approximate surface area is 112 Å². The summed E-state index contributed by atoms with van der Waals surface area (Å²) >= 11 is 5.45. The molecule has 0 fully saturated rings. The number of nitrogens with zero attached hydrogens (tertiary/aromatic N) is 1. The Bertz CT molecular complexity index is 766. The highest BCUT2D eigenvalue weighted by molar-refractivity contribution is 6.29. The van der Waals surface area contributed by atoms with Crippen LogP contribution in [0.15, 0.2) is 33.9 Å². The lowest BCUT2D eigenvalue weighted by molar-refractivity contribution is 0.491. The zero-order chi connectivity index (χ0) is 13.6. The van der Waals surface area contributed by atoms with E-state index in [9.17, 15) is 14.0 Å². The van der Waals surface area contributed by atoms with E-state index < -0.39 is 28.3 Å². The van der Waals surface area contributed by atoms with Crippen LogP contribution in [0.4, 0.5) is 4.39 Å². The average molecular weight is 281 g/mol. The highest BCUT2D eigenvalue weighted by atomic mass is 35.5. The first-order valence-corrected chi connectivity index (χ1v) is 6.25. The second-order valence-corrected chi connectivity index (χ2v) is 4.86. The van der Waals surface area contributed by atoms with Crippen molar-refractivity contribution in [1.29, 1.82) is 0 Å². The Morgan fingerprint density at radius 3 is 2.84 bits per heavy atom. The van der Waals surface area contributed by atoms with Crippen molar-refractivity contribution in [3.63, 3.8) is 0 Å². The monoisotopic (exact) mass is 280 g/mol. The van der Waals surface area contributed by atoms with E-state index in [1.807, 2.05) is 24.3 Å². The van der Waals surface area contributed by atoms with E-state index in [2.05, 4.69) is 4.98 Å². The molecule has 1 aromatic heterocycles. The van der Waals surface area contributed by atoms with Crippen LogP contribution >= 0.6 is 11.6 Å². The van der Waals surface area contributed by atoms with E-state index in [4.69, 9.17) is 11.6 Å². The molecule has 0 saturated carbocycles. The van der Waals surface area contributed by atoms with E-state index in [1.165, 1.54) is 0 Å². The molecule has 0 aliphatic heterocycles. The molecule has 0 radical (unpaired) electrons. The summed E-state index contributed by atoms with van der Waals surface area (Å²) in [6.07, 6.45) is 1.36. The second kappa shape index (κ2) is 4.35. The summed E-state index contributed by atoms with van der Waals surface area (Å²) in [6, 6.07) is 7.10. The Morgan fingerprint density at radius 1 is 1.32 bits per heavy atom. The standard InChI is InChI=1S/C13H10ClFN2O2/c14-11-10(15)12(18)17(13(19)16-11)9-6-5-7-3-1-2-4-8(7)9/h1-4,9H,5-6H2,(H,16,19). The SMILES string of the molecule is O=c1[nH]c(Cl)c(F)c(=O)n1C1CCc2ccccc21. The summed E-state index contributed by atoms with van der Waals surface area (Å²) in [6.45, 7) is 0. The molecule has 0 bridgehead atoms. The average Bonchev–Trinajstić information content (AvgIpc) is 2.81. The Hall–Kier alpha value is -1.88. The summed E-state index contributed by atoms with van der Waals surface area (Å²) in [5.41, 5.74) is 0.305. The lowest BCUT2D eigenvalue weighted by Crippen LogP contribution is -2.39. The fourth-order valence-corrected chi connectivity index (χ4v) is 2.75. The third-order valence-electron chi connectivity index (χ3n) is 3.45. The number of halogens is 2. The lowest BCUT2D eigenvalue weighted by atomic mass is 10.1. The maximum atomic E-state index is 13.6. The van der Waals surface area contributed by atoms with Crippen molar-refractivity contribution in [3.8, 4) is 0 Å². The van der Waals surface area contributed by atoms with Crippen LogP contribution in [0.2, 0.25) is 5.15 Å². The molecule has 1 atom stereocenters. The number of aromatic nitrogens is 2. The number of H-pyrrole nitrogens is 1. The van der Waals surface area contributed by atoms with Gasteiger partial charge in [0.25, 0.3) is 5.56 Å². The zero-order valence-corrected chi connectivity index (χ0v) is 10.6. The second-order valence-electron chi connectivity index (χ2n) is 4.49. The van der Waals surface area contributed by atoms with Crippen LogP contribution in [0, 0.1) is 5.82 Å². The van der Waals surface area contributed by atoms with Crippen molar-refractivity contribution in [2.75, 3.05) is 0 Å². The van der Waals surface area contributed by atoms with Crippen LogP contribution < -0.4 is 11.2 Å². The van der Waals surface area contributed by atoms with E-state index in [1.54, 1.807) is 0 Å². The van der Waals surface area contributed by atoms with E-state index in [0.29, 0.717) is 6.42 Å². The van der Waals surface area contributed by atoms with E-state index >= 15 is 0 Å². The fraction of sp³-hybridized carbons (Fsp3) is 0.231. The minimum Gasteiger partial charge on any atom is -0.295 e. The minimum atomic E-state index is -1.12. The van der Waals surface area contributed by atoms with Crippen LogP contribution in [0.3, 0.4) is 0 Å². The fourth-order valence-electron chi connectivity index (χ4n) is 2.59. The maximum Gasteiger partial charge on any atom is 0.330 e. The van der Waals surface area contributed by atoms with Gasteiger partial charge in [0.1, 0.15) is 0 Å². The minimum absolute atomic E-state index is 0.431. The van der Waals surface area contributed by atoms with Crippen molar-refractivity contribution < 1.29 is 4.39 Å². The van der Waals surface area contributed by atoms with Gasteiger partial charge in [0.05, 0.1) is 6.04 Å². The number of hydrogen-bond donors (Lipinski definition) is 1. The quantitative estimate of drug-likeness (QED) is 0.811. The number of aryl methyl sites for hydroxylation is 1. The van der Waals surface area contributed by atoms with Crippen molar-refractivity contribution >= 4 is 11.6 Å². The van der Waals surface area contributed by atoms with Crippen LogP contribution in [0.5, 0.6) is 0 Å². The predicted octanol–water partition coefficient (Wildman–Crippen LogP) is 1.86. The summed E-state index contributed by atoms with van der Waals surface area (Å²) in [7, 11) is 0. The highest BCUT2D eigenvalue weighted by Crippen LogP contribution is 2.32. The smallest absolute Gasteiger partial charge is 0.295 e. The van der Waals surface area contributed by atoms with Gasteiger partial charge in [-0.3, -0.25) is 14.3 Å². The van der Waals surface area contributed by atoms with E-state index in [-0.39, 0.29) is 0 Å². The normalized spacial score (nSPS) is 17.5. The molecule has 1 aromatic carbocycles. The largest absolute Gasteiger partial charge is 0.330 e. The van der Waals surface area contributed by atoms with Gasteiger partial charge in [-0.2, -0.15) is 4.39 Å². The van der Waals surface area contributed by atoms with Crippen molar-refractivity contribution in [3.05, 3.63) is 67.2 Å². The number of aromatic amines is 1. The van der Waals surface area contributed by atoms with Gasteiger partial charge in [-0.25, -0.2) is 4.79 Å². The number of hydrogen-bond acceptors (Lipinski definition) is 2. The van der Waals surface area contributed by atoms with Gasteiger partial charge in [0, 0.05) is 0 Å². The van der Waals surface area contributed by atoms with Crippen LogP contribution in [-0.4, -0.2) is 9.55 Å². The Balaban J connectivity index is 2.24. The van der Waals surface area contributed by atoms with Gasteiger partial charge in [0.2, 0.25) is 5.82 Å². The molecule has 0 amide bonds. The van der Waals surface area contributed by atoms with E-state index in [0.717, 1.165) is 22.1 Å². The molecule has 98 valence electrons. The summed E-state index contributed by atoms with van der Waals surface area (Å²) in [5.74, 6) is -1.12. The van der Waals surface area contributed by atoms with Crippen LogP contribution in [0.1, 0.15) is 23.6 Å². The molecule has 3 rings (SSSR count). The molecule has 6 heteroatoms. The van der Waals surface area contributed by atoms with Crippen LogP contribution in [0.25, 0.3) is 0 Å². The topological polar surface area (TPSA) is 54.9 Å². The molecule has 1 N–H and O–H groups in total. The molecule has 1 unspecified atom stereocenters. The van der Waals surface area contributed by atoms with Gasteiger partial charge in [-0.15, -0.1) is 0 Å². The van der Waals surface area contributed by atoms with Crippen molar-refractivity contribution in [2.45, 2.75) is 18.9 Å². The first kappa shape index (κ1) is 12.2. The van der Waals surface area contributed by atoms with Crippen LogP contribution in [-0.2, 0) is 6.42 Å². The predicted molar refractivity (Wildman–Crippen MR) is 69.2 cm³/mol. The molecule has 1 aliphatic carbocycles. The van der Waals surface area contributed by atoms with Gasteiger partial charge < -0.3 is 0 Å². The highest BCUT2D eigenvalue weighted by Gasteiger charge is 2.27. The molecular formula is C13H10ClFN2O2. The first-order chi connectivity index (χ1) is 9.09. The van der Waals surface area contributed by atoms with Gasteiger partial charge in [-0.1, -0.05) is 35.9 Å².